The van der Waals surface area contributed by atoms with E-state index in [1.165, 1.54) is 19.3 Å². The van der Waals surface area contributed by atoms with E-state index in [0.29, 0.717) is 11.8 Å². The Balaban J connectivity index is 2.26. The number of benzene rings is 1. The second-order valence-corrected chi connectivity index (χ2v) is 6.49. The van der Waals surface area contributed by atoms with Crippen LogP contribution in [0.5, 0.6) is 0 Å². The van der Waals surface area contributed by atoms with E-state index in [2.05, 4.69) is 31.7 Å². The molecule has 2 rings (SSSR count). The Morgan fingerprint density at radius 1 is 1.29 bits per heavy atom. The minimum atomic E-state index is -0.109. The van der Waals surface area contributed by atoms with E-state index in [9.17, 15) is 4.39 Å². The molecule has 0 saturated carbocycles. The van der Waals surface area contributed by atoms with E-state index < -0.39 is 0 Å². The van der Waals surface area contributed by atoms with E-state index in [4.69, 9.17) is 5.73 Å². The lowest BCUT2D eigenvalue weighted by molar-refractivity contribution is 0.301. The highest BCUT2D eigenvalue weighted by molar-refractivity contribution is 5.55. The van der Waals surface area contributed by atoms with Crippen LogP contribution in [0.25, 0.3) is 0 Å². The highest BCUT2D eigenvalue weighted by Crippen LogP contribution is 2.40. The van der Waals surface area contributed by atoms with Gasteiger partial charge in [0.05, 0.1) is 0 Å². The maximum atomic E-state index is 14.3. The number of nitrogens with zero attached hydrogens (tertiary/aromatic N) is 1. The van der Waals surface area contributed by atoms with Gasteiger partial charge in [0.1, 0.15) is 5.82 Å². The Bertz CT molecular complexity index is 468. The Morgan fingerprint density at radius 2 is 2.00 bits per heavy atom. The molecular weight excluding hydrogens is 263 g/mol. The molecule has 2 N–H and O–H groups in total. The zero-order chi connectivity index (χ0) is 15.5. The van der Waals surface area contributed by atoms with Crippen molar-refractivity contribution in [2.24, 2.45) is 11.1 Å². The molecule has 1 unspecified atom stereocenters. The number of nitrogens with two attached hydrogens (primary N) is 1. The third kappa shape index (κ3) is 3.39. The minimum absolute atomic E-state index is 0.0327. The van der Waals surface area contributed by atoms with Crippen molar-refractivity contribution in [1.82, 2.24) is 0 Å². The largest absolute Gasteiger partial charge is 0.371 e. The van der Waals surface area contributed by atoms with Crippen molar-refractivity contribution in [3.05, 3.63) is 29.6 Å². The molecule has 1 aliphatic rings. The van der Waals surface area contributed by atoms with Crippen LogP contribution in [0, 0.1) is 11.2 Å². The molecule has 1 fully saturated rings. The first kappa shape index (κ1) is 16.3. The number of hydrogen-bond acceptors (Lipinski definition) is 2. The monoisotopic (exact) mass is 292 g/mol. The summed E-state index contributed by atoms with van der Waals surface area (Å²) in [5.41, 5.74) is 8.32. The van der Waals surface area contributed by atoms with Crippen LogP contribution in [-0.4, -0.2) is 19.1 Å². The van der Waals surface area contributed by atoms with Crippen LogP contribution in [0.3, 0.4) is 0 Å². The first-order chi connectivity index (χ1) is 10.0. The van der Waals surface area contributed by atoms with Gasteiger partial charge >= 0.3 is 0 Å². The van der Waals surface area contributed by atoms with Crippen LogP contribution in [0.1, 0.15) is 52.0 Å². The standard InChI is InChI=1S/C18H29FN2/c1-4-14(20)12-15-16(19)8-7-9-17(15)21-11-10-18(5-2,6-3)13-21/h7-9,14H,4-6,10-13,20H2,1-3H3. The number of halogens is 1. The maximum Gasteiger partial charge on any atom is 0.128 e. The first-order valence-corrected chi connectivity index (χ1v) is 8.33. The summed E-state index contributed by atoms with van der Waals surface area (Å²) in [6, 6.07) is 5.47. The average Bonchev–Trinajstić information content (AvgIpc) is 2.94. The van der Waals surface area contributed by atoms with Gasteiger partial charge in [-0.25, -0.2) is 4.39 Å². The average molecular weight is 292 g/mol. The van der Waals surface area contributed by atoms with Crippen LogP contribution in [0.2, 0.25) is 0 Å². The van der Waals surface area contributed by atoms with Gasteiger partial charge in [0, 0.05) is 30.4 Å². The fraction of sp³-hybridized carbons (Fsp3) is 0.667. The van der Waals surface area contributed by atoms with Gasteiger partial charge in [0.25, 0.3) is 0 Å². The molecule has 1 aliphatic heterocycles. The molecule has 21 heavy (non-hydrogen) atoms. The molecule has 3 heteroatoms. The zero-order valence-corrected chi connectivity index (χ0v) is 13.7. The zero-order valence-electron chi connectivity index (χ0n) is 13.7. The lowest BCUT2D eigenvalue weighted by atomic mass is 9.82. The van der Waals surface area contributed by atoms with Gasteiger partial charge in [0.2, 0.25) is 0 Å². The van der Waals surface area contributed by atoms with Crippen molar-refractivity contribution in [1.29, 1.82) is 0 Å². The Morgan fingerprint density at radius 3 is 2.57 bits per heavy atom. The van der Waals surface area contributed by atoms with Crippen LogP contribution >= 0.6 is 0 Å². The highest BCUT2D eigenvalue weighted by Gasteiger charge is 2.35. The smallest absolute Gasteiger partial charge is 0.128 e. The molecule has 1 aromatic carbocycles. The quantitative estimate of drug-likeness (QED) is 0.854. The van der Waals surface area contributed by atoms with Crippen LogP contribution < -0.4 is 10.6 Å². The topological polar surface area (TPSA) is 29.3 Å². The highest BCUT2D eigenvalue weighted by atomic mass is 19.1. The molecular formula is C18H29FN2. The molecule has 0 aliphatic carbocycles. The second-order valence-electron chi connectivity index (χ2n) is 6.49. The van der Waals surface area contributed by atoms with Gasteiger partial charge in [-0.15, -0.1) is 0 Å². The SMILES string of the molecule is CCC(N)Cc1c(F)cccc1N1CCC(CC)(CC)C1. The van der Waals surface area contributed by atoms with Crippen LogP contribution in [0.4, 0.5) is 10.1 Å². The summed E-state index contributed by atoms with van der Waals surface area (Å²) in [6.07, 6.45) is 5.09. The molecule has 1 saturated heterocycles. The van der Waals surface area contributed by atoms with Crippen molar-refractivity contribution < 1.29 is 4.39 Å². The molecule has 0 spiro atoms. The maximum absolute atomic E-state index is 14.3. The van der Waals surface area contributed by atoms with Crippen molar-refractivity contribution in [3.8, 4) is 0 Å². The van der Waals surface area contributed by atoms with Gasteiger partial charge in [0.15, 0.2) is 0 Å². The summed E-state index contributed by atoms with van der Waals surface area (Å²) in [7, 11) is 0. The summed E-state index contributed by atoms with van der Waals surface area (Å²) in [4.78, 5) is 2.37. The summed E-state index contributed by atoms with van der Waals surface area (Å²) >= 11 is 0. The summed E-state index contributed by atoms with van der Waals surface area (Å²) < 4.78 is 14.3. The predicted octanol–water partition coefficient (Wildman–Crippen LogP) is 4.12. The summed E-state index contributed by atoms with van der Waals surface area (Å²) in [5, 5.41) is 0. The minimum Gasteiger partial charge on any atom is -0.371 e. The second kappa shape index (κ2) is 6.78. The number of anilines is 1. The molecule has 118 valence electrons. The van der Waals surface area contributed by atoms with Gasteiger partial charge < -0.3 is 10.6 Å². The molecule has 2 nitrogen and oxygen atoms in total. The fourth-order valence-corrected chi connectivity index (χ4v) is 3.42. The van der Waals surface area contributed by atoms with Crippen LogP contribution in [0.15, 0.2) is 18.2 Å². The van der Waals surface area contributed by atoms with E-state index in [-0.39, 0.29) is 11.9 Å². The molecule has 1 heterocycles. The van der Waals surface area contributed by atoms with Gasteiger partial charge in [-0.2, -0.15) is 0 Å². The van der Waals surface area contributed by atoms with E-state index in [1.807, 2.05) is 6.07 Å². The van der Waals surface area contributed by atoms with Gasteiger partial charge in [-0.1, -0.05) is 26.8 Å². The predicted molar refractivity (Wildman–Crippen MR) is 88.2 cm³/mol. The van der Waals surface area contributed by atoms with Crippen molar-refractivity contribution in [3.63, 3.8) is 0 Å². The fourth-order valence-electron chi connectivity index (χ4n) is 3.42. The molecule has 0 bridgehead atoms. The number of hydrogen-bond donors (Lipinski definition) is 1. The molecule has 0 aromatic heterocycles. The van der Waals surface area contributed by atoms with Crippen molar-refractivity contribution in [2.75, 3.05) is 18.0 Å². The van der Waals surface area contributed by atoms with E-state index in [0.717, 1.165) is 30.8 Å². The van der Waals surface area contributed by atoms with Crippen molar-refractivity contribution in [2.45, 2.75) is 58.9 Å². The third-order valence-corrected chi connectivity index (χ3v) is 5.36. The lowest BCUT2D eigenvalue weighted by Gasteiger charge is -2.28. The normalized spacial score (nSPS) is 19.0. The molecule has 0 amide bonds. The van der Waals surface area contributed by atoms with E-state index in [1.54, 1.807) is 6.07 Å². The van der Waals surface area contributed by atoms with Crippen molar-refractivity contribution >= 4 is 5.69 Å². The van der Waals surface area contributed by atoms with Gasteiger partial charge in [-0.3, -0.25) is 0 Å². The molecule has 1 aromatic rings. The first-order valence-electron chi connectivity index (χ1n) is 8.33. The third-order valence-electron chi connectivity index (χ3n) is 5.36. The number of rotatable bonds is 6. The molecule has 1 atom stereocenters. The van der Waals surface area contributed by atoms with Gasteiger partial charge in [-0.05, 0) is 49.7 Å². The summed E-state index contributed by atoms with van der Waals surface area (Å²) in [5.74, 6) is -0.109. The summed E-state index contributed by atoms with van der Waals surface area (Å²) in [6.45, 7) is 8.66. The Labute approximate surface area is 128 Å². The van der Waals surface area contributed by atoms with Crippen LogP contribution in [-0.2, 0) is 6.42 Å². The Hall–Kier alpha value is -1.09. The molecule has 0 radical (unpaired) electrons. The lowest BCUT2D eigenvalue weighted by Crippen LogP contribution is -2.28. The van der Waals surface area contributed by atoms with E-state index >= 15 is 0 Å². The Kier molecular flexibility index (Phi) is 5.26.